The van der Waals surface area contributed by atoms with Gasteiger partial charge >= 0.3 is 0 Å². The molecular weight excluding hydrogens is 444 g/mol. The van der Waals surface area contributed by atoms with Gasteiger partial charge in [0.15, 0.2) is 22.1 Å². The Bertz CT molecular complexity index is 1290. The molecule has 12 heteroatoms. The van der Waals surface area contributed by atoms with Gasteiger partial charge in [-0.15, -0.1) is 0 Å². The van der Waals surface area contributed by atoms with E-state index in [-0.39, 0.29) is 11.4 Å². The highest BCUT2D eigenvalue weighted by Gasteiger charge is 2.21. The summed E-state index contributed by atoms with van der Waals surface area (Å²) in [5.74, 6) is 0. The quantitative estimate of drug-likeness (QED) is 0.251. The summed E-state index contributed by atoms with van der Waals surface area (Å²) in [4.78, 5) is 21.7. The van der Waals surface area contributed by atoms with E-state index in [9.17, 15) is 20.2 Å². The second kappa shape index (κ2) is 9.15. The van der Waals surface area contributed by atoms with E-state index < -0.39 is 9.85 Å². The van der Waals surface area contributed by atoms with Crippen LogP contribution in [0.2, 0.25) is 0 Å². The van der Waals surface area contributed by atoms with Gasteiger partial charge in [0.1, 0.15) is 26.2 Å². The Kier molecular flexibility index (Phi) is 5.90. The number of hydrogen-bond acceptors (Lipinski definition) is 6. The number of imidazole rings is 2. The van der Waals surface area contributed by atoms with Crippen molar-refractivity contribution >= 4 is 33.4 Å². The van der Waals surface area contributed by atoms with E-state index in [1.165, 1.54) is 12.1 Å². The maximum Gasteiger partial charge on any atom is 0.273 e. The molecule has 34 heavy (non-hydrogen) atoms. The molecule has 4 bridgehead atoms. The maximum atomic E-state index is 11.2. The topological polar surface area (TPSA) is 122 Å². The van der Waals surface area contributed by atoms with Gasteiger partial charge in [0, 0.05) is 12.1 Å². The molecule has 0 N–H and O–H groups in total. The standard InChI is InChI=1S/C22H24N6O6/c29-27(30)17-1-3-19-21(13-17)25-7-11-34-12-8-26-16-24(6-10-33-9-5-23(19)15-25)20-4-2-18(28(31)32)14-22(20)26/h1-4,13-16H,5-12H2/q+2. The summed E-state index contributed by atoms with van der Waals surface area (Å²) < 4.78 is 19.7. The lowest BCUT2D eigenvalue weighted by Gasteiger charge is -2.03. The summed E-state index contributed by atoms with van der Waals surface area (Å²) in [5.41, 5.74) is 3.43. The highest BCUT2D eigenvalue weighted by atomic mass is 16.6. The average molecular weight is 468 g/mol. The van der Waals surface area contributed by atoms with E-state index >= 15 is 0 Å². The molecule has 0 fully saturated rings. The van der Waals surface area contributed by atoms with Crippen LogP contribution in [0, 0.1) is 20.2 Å². The molecule has 3 heterocycles. The first-order valence-electron chi connectivity index (χ1n) is 11.0. The highest BCUT2D eigenvalue weighted by molar-refractivity contribution is 5.75. The lowest BCUT2D eigenvalue weighted by Crippen LogP contribution is -2.37. The van der Waals surface area contributed by atoms with Crippen LogP contribution in [0.5, 0.6) is 0 Å². The van der Waals surface area contributed by atoms with Gasteiger partial charge in [0.25, 0.3) is 11.4 Å². The fraction of sp³-hybridized carbons (Fsp3) is 0.364. The number of nitrogens with zero attached hydrogens (tertiary/aromatic N) is 6. The van der Waals surface area contributed by atoms with Crippen molar-refractivity contribution in [2.75, 3.05) is 26.4 Å². The summed E-state index contributed by atoms with van der Waals surface area (Å²) in [6, 6.07) is 9.72. The van der Waals surface area contributed by atoms with Crippen LogP contribution in [0.15, 0.2) is 49.1 Å². The van der Waals surface area contributed by atoms with Gasteiger partial charge in [-0.1, -0.05) is 0 Å². The van der Waals surface area contributed by atoms with Crippen LogP contribution in [0.3, 0.4) is 0 Å². The summed E-state index contributed by atoms with van der Waals surface area (Å²) in [6.07, 6.45) is 3.87. The number of non-ortho nitro benzene ring substituents is 2. The Balaban J connectivity index is 1.41. The Hall–Kier alpha value is -3.90. The van der Waals surface area contributed by atoms with E-state index in [4.69, 9.17) is 9.47 Å². The summed E-state index contributed by atoms with van der Waals surface area (Å²) in [6.45, 7) is 4.04. The summed E-state index contributed by atoms with van der Waals surface area (Å²) in [7, 11) is 0. The minimum absolute atomic E-state index is 0.0447. The molecule has 1 aliphatic rings. The highest BCUT2D eigenvalue weighted by Crippen LogP contribution is 2.21. The van der Waals surface area contributed by atoms with Crippen molar-refractivity contribution in [3.63, 3.8) is 0 Å². The lowest BCUT2D eigenvalue weighted by molar-refractivity contribution is -0.681. The molecular formula is C22H24N6O6+2. The van der Waals surface area contributed by atoms with Crippen LogP contribution in [0.25, 0.3) is 22.1 Å². The molecule has 0 radical (unpaired) electrons. The zero-order valence-electron chi connectivity index (χ0n) is 18.4. The van der Waals surface area contributed by atoms with Crippen LogP contribution in [-0.2, 0) is 35.7 Å². The van der Waals surface area contributed by atoms with Crippen LogP contribution >= 0.6 is 0 Å². The van der Waals surface area contributed by atoms with Crippen molar-refractivity contribution < 1.29 is 28.5 Å². The van der Waals surface area contributed by atoms with Gasteiger partial charge in [-0.25, -0.2) is 18.3 Å². The van der Waals surface area contributed by atoms with Gasteiger partial charge in [-0.3, -0.25) is 20.2 Å². The first-order valence-corrected chi connectivity index (χ1v) is 11.0. The van der Waals surface area contributed by atoms with E-state index in [1.54, 1.807) is 24.3 Å². The number of aromatic nitrogens is 4. The molecule has 5 rings (SSSR count). The average Bonchev–Trinajstić information content (AvgIpc) is 3.35. The van der Waals surface area contributed by atoms with Crippen molar-refractivity contribution in [2.24, 2.45) is 0 Å². The minimum Gasteiger partial charge on any atom is -0.373 e. The molecule has 2 aromatic carbocycles. The number of rotatable bonds is 2. The summed E-state index contributed by atoms with van der Waals surface area (Å²) >= 11 is 0. The van der Waals surface area contributed by atoms with Crippen LogP contribution in [-0.4, -0.2) is 45.4 Å². The third-order valence-electron chi connectivity index (χ3n) is 6.04. The number of fused-ring (bicyclic) bond motifs is 10. The van der Waals surface area contributed by atoms with Crippen molar-refractivity contribution in [3.8, 4) is 0 Å². The zero-order valence-corrected chi connectivity index (χ0v) is 18.4. The van der Waals surface area contributed by atoms with E-state index in [0.717, 1.165) is 22.1 Å². The Morgan fingerprint density at radius 1 is 0.706 bits per heavy atom. The minimum atomic E-state index is -0.395. The Morgan fingerprint density at radius 3 is 1.59 bits per heavy atom. The first kappa shape index (κ1) is 21.9. The maximum absolute atomic E-state index is 11.2. The molecule has 0 aliphatic carbocycles. The molecule has 4 aromatic rings. The van der Waals surface area contributed by atoms with Gasteiger partial charge in [-0.2, -0.15) is 0 Å². The third kappa shape index (κ3) is 4.20. The largest absolute Gasteiger partial charge is 0.373 e. The predicted octanol–water partition coefficient (Wildman–Crippen LogP) is 1.73. The SMILES string of the molecule is O=[N+]([O-])c1ccc2c(c1)n1c[n+]2CCOCC[n+]2cn(c3cc([N+](=O)[O-])ccc32)CCOCC1. The van der Waals surface area contributed by atoms with Crippen LogP contribution < -0.4 is 9.13 Å². The number of nitro benzene ring substituents is 2. The first-order chi connectivity index (χ1) is 16.5. The van der Waals surface area contributed by atoms with Crippen molar-refractivity contribution in [1.82, 2.24) is 9.13 Å². The molecule has 0 amide bonds. The zero-order chi connectivity index (χ0) is 23.7. The van der Waals surface area contributed by atoms with E-state index in [2.05, 4.69) is 0 Å². The van der Waals surface area contributed by atoms with Crippen molar-refractivity contribution in [2.45, 2.75) is 26.2 Å². The molecule has 0 unspecified atom stereocenters. The molecule has 2 aromatic heterocycles. The fourth-order valence-corrected chi connectivity index (χ4v) is 4.35. The van der Waals surface area contributed by atoms with E-state index in [1.807, 2.05) is 30.9 Å². The predicted molar refractivity (Wildman–Crippen MR) is 119 cm³/mol. The van der Waals surface area contributed by atoms with Gasteiger partial charge in [0.05, 0.1) is 48.4 Å². The second-order valence-electron chi connectivity index (χ2n) is 8.09. The van der Waals surface area contributed by atoms with Crippen LogP contribution in [0.1, 0.15) is 0 Å². The molecule has 0 saturated heterocycles. The molecule has 0 atom stereocenters. The van der Waals surface area contributed by atoms with E-state index in [0.29, 0.717) is 52.6 Å². The molecule has 0 saturated carbocycles. The lowest BCUT2D eigenvalue weighted by atomic mass is 10.2. The van der Waals surface area contributed by atoms with Crippen LogP contribution in [0.4, 0.5) is 11.4 Å². The van der Waals surface area contributed by atoms with Gasteiger partial charge in [-0.05, 0) is 12.1 Å². The van der Waals surface area contributed by atoms with Crippen molar-refractivity contribution in [3.05, 3.63) is 69.3 Å². The van der Waals surface area contributed by atoms with Gasteiger partial charge in [0.2, 0.25) is 12.7 Å². The number of nitro groups is 2. The number of benzene rings is 2. The third-order valence-corrected chi connectivity index (χ3v) is 6.04. The summed E-state index contributed by atoms with van der Waals surface area (Å²) in [5, 5.41) is 22.5. The molecule has 0 spiro atoms. The van der Waals surface area contributed by atoms with Crippen molar-refractivity contribution in [1.29, 1.82) is 0 Å². The number of ether oxygens (including phenoxy) is 2. The number of hydrogen-bond donors (Lipinski definition) is 0. The molecule has 1 aliphatic heterocycles. The Morgan fingerprint density at radius 2 is 1.15 bits per heavy atom. The molecule has 176 valence electrons. The fourth-order valence-electron chi connectivity index (χ4n) is 4.35. The molecule has 12 nitrogen and oxygen atoms in total. The Labute approximate surface area is 193 Å². The normalized spacial score (nSPS) is 15.5. The van der Waals surface area contributed by atoms with Gasteiger partial charge < -0.3 is 9.47 Å². The smallest absolute Gasteiger partial charge is 0.273 e. The second-order valence-corrected chi connectivity index (χ2v) is 8.09. The monoisotopic (exact) mass is 468 g/mol.